The van der Waals surface area contributed by atoms with Crippen molar-refractivity contribution in [3.8, 4) is 0 Å². The highest BCUT2D eigenvalue weighted by Gasteiger charge is 2.49. The second-order valence-corrected chi connectivity index (χ2v) is 5.98. The molecule has 1 heterocycles. The normalized spacial score (nSPS) is 17.5. The lowest BCUT2D eigenvalue weighted by Gasteiger charge is -2.25. The van der Waals surface area contributed by atoms with E-state index in [9.17, 15) is 4.79 Å². The fourth-order valence-electron chi connectivity index (χ4n) is 2.31. The maximum Gasteiger partial charge on any atom is 0.227 e. The first kappa shape index (κ1) is 13.1. The zero-order chi connectivity index (χ0) is 13.2. The molecule has 1 fully saturated rings. The molecule has 1 aliphatic rings. The van der Waals surface area contributed by atoms with Gasteiger partial charge in [-0.3, -0.25) is 4.79 Å². The molecule has 0 saturated heterocycles. The van der Waals surface area contributed by atoms with Crippen molar-refractivity contribution in [2.75, 3.05) is 20.1 Å². The van der Waals surface area contributed by atoms with Crippen LogP contribution in [-0.4, -0.2) is 31.0 Å². The third-order valence-electron chi connectivity index (χ3n) is 3.92. The lowest BCUT2D eigenvalue weighted by atomic mass is 9.86. The van der Waals surface area contributed by atoms with Crippen molar-refractivity contribution < 1.29 is 4.79 Å². The van der Waals surface area contributed by atoms with Crippen molar-refractivity contribution in [2.45, 2.75) is 32.1 Å². The van der Waals surface area contributed by atoms with Gasteiger partial charge >= 0.3 is 0 Å². The van der Waals surface area contributed by atoms with E-state index >= 15 is 0 Å². The SMILES string of the molecule is CNCC1(C(=O)NCC(C)(C)c2cc[nH]c2)CC1. The minimum atomic E-state index is -0.136. The van der Waals surface area contributed by atoms with Crippen LogP contribution in [0.2, 0.25) is 0 Å². The van der Waals surface area contributed by atoms with Crippen LogP contribution in [0, 0.1) is 5.41 Å². The Morgan fingerprint density at radius 3 is 2.72 bits per heavy atom. The van der Waals surface area contributed by atoms with Crippen LogP contribution in [0.25, 0.3) is 0 Å². The van der Waals surface area contributed by atoms with Crippen LogP contribution < -0.4 is 10.6 Å². The molecule has 0 aromatic carbocycles. The zero-order valence-corrected chi connectivity index (χ0v) is 11.5. The van der Waals surface area contributed by atoms with Gasteiger partial charge in [0.1, 0.15) is 0 Å². The Morgan fingerprint density at radius 2 is 2.22 bits per heavy atom. The van der Waals surface area contributed by atoms with E-state index in [0.29, 0.717) is 6.54 Å². The quantitative estimate of drug-likeness (QED) is 0.714. The third-order valence-corrected chi connectivity index (χ3v) is 3.92. The molecule has 1 aliphatic carbocycles. The highest BCUT2D eigenvalue weighted by atomic mass is 16.2. The van der Waals surface area contributed by atoms with E-state index in [-0.39, 0.29) is 16.7 Å². The van der Waals surface area contributed by atoms with E-state index in [4.69, 9.17) is 0 Å². The molecule has 0 atom stereocenters. The first-order valence-electron chi connectivity index (χ1n) is 6.56. The van der Waals surface area contributed by atoms with Crippen LogP contribution >= 0.6 is 0 Å². The minimum absolute atomic E-state index is 0.0363. The van der Waals surface area contributed by atoms with Crippen LogP contribution in [0.3, 0.4) is 0 Å². The summed E-state index contributed by atoms with van der Waals surface area (Å²) in [7, 11) is 1.90. The summed E-state index contributed by atoms with van der Waals surface area (Å²) < 4.78 is 0. The predicted molar refractivity (Wildman–Crippen MR) is 72.4 cm³/mol. The van der Waals surface area contributed by atoms with Gasteiger partial charge in [-0.1, -0.05) is 13.8 Å². The highest BCUT2D eigenvalue weighted by molar-refractivity contribution is 5.85. The monoisotopic (exact) mass is 249 g/mol. The molecule has 0 bridgehead atoms. The molecule has 0 radical (unpaired) electrons. The van der Waals surface area contributed by atoms with Gasteiger partial charge in [-0.2, -0.15) is 0 Å². The molecule has 3 N–H and O–H groups in total. The lowest BCUT2D eigenvalue weighted by Crippen LogP contribution is -2.43. The first-order chi connectivity index (χ1) is 8.50. The van der Waals surface area contributed by atoms with Crippen molar-refractivity contribution >= 4 is 5.91 Å². The van der Waals surface area contributed by atoms with E-state index in [0.717, 1.165) is 19.4 Å². The maximum absolute atomic E-state index is 12.2. The number of carbonyl (C=O) groups excluding carboxylic acids is 1. The topological polar surface area (TPSA) is 56.9 Å². The summed E-state index contributed by atoms with van der Waals surface area (Å²) >= 11 is 0. The summed E-state index contributed by atoms with van der Waals surface area (Å²) in [4.78, 5) is 15.2. The molecule has 0 unspecified atom stereocenters. The summed E-state index contributed by atoms with van der Waals surface area (Å²) in [5, 5.41) is 6.22. The number of hydrogen-bond acceptors (Lipinski definition) is 2. The standard InChI is InChI=1S/C14H23N3O/c1-13(2,11-4-7-16-8-11)9-17-12(18)14(5-6-14)10-15-3/h4,7-8,15-16H,5-6,9-10H2,1-3H3,(H,17,18). The van der Waals surface area contributed by atoms with Gasteiger partial charge in [0.25, 0.3) is 0 Å². The Balaban J connectivity index is 1.90. The van der Waals surface area contributed by atoms with E-state index in [2.05, 4.69) is 35.5 Å². The second kappa shape index (κ2) is 4.76. The molecular formula is C14H23N3O. The van der Waals surface area contributed by atoms with Crippen molar-refractivity contribution in [2.24, 2.45) is 5.41 Å². The number of nitrogens with one attached hydrogen (secondary N) is 3. The van der Waals surface area contributed by atoms with Crippen molar-refractivity contribution in [3.63, 3.8) is 0 Å². The van der Waals surface area contributed by atoms with Crippen LogP contribution in [0.4, 0.5) is 0 Å². The molecule has 1 aromatic heterocycles. The summed E-state index contributed by atoms with van der Waals surface area (Å²) in [6.07, 6.45) is 5.92. The first-order valence-corrected chi connectivity index (χ1v) is 6.56. The largest absolute Gasteiger partial charge is 0.367 e. The number of H-pyrrole nitrogens is 1. The van der Waals surface area contributed by atoms with Crippen LogP contribution in [0.1, 0.15) is 32.3 Å². The summed E-state index contributed by atoms with van der Waals surface area (Å²) in [5.74, 6) is 0.195. The Morgan fingerprint density at radius 1 is 1.50 bits per heavy atom. The van der Waals surface area contributed by atoms with Gasteiger partial charge in [-0.15, -0.1) is 0 Å². The van der Waals surface area contributed by atoms with Gasteiger partial charge in [0.05, 0.1) is 5.41 Å². The summed E-state index contributed by atoms with van der Waals surface area (Å²) in [5.41, 5.74) is 1.05. The number of carbonyl (C=O) groups is 1. The molecule has 1 saturated carbocycles. The third kappa shape index (κ3) is 2.58. The van der Waals surface area contributed by atoms with Gasteiger partial charge in [-0.05, 0) is 31.5 Å². The van der Waals surface area contributed by atoms with E-state index in [1.807, 2.05) is 19.4 Å². The van der Waals surface area contributed by atoms with Gasteiger partial charge in [0.15, 0.2) is 0 Å². The van der Waals surface area contributed by atoms with Crippen LogP contribution in [0.5, 0.6) is 0 Å². The van der Waals surface area contributed by atoms with Crippen LogP contribution in [-0.2, 0) is 10.2 Å². The highest BCUT2D eigenvalue weighted by Crippen LogP contribution is 2.45. The van der Waals surface area contributed by atoms with Crippen molar-refractivity contribution in [3.05, 3.63) is 24.0 Å². The van der Waals surface area contributed by atoms with Crippen molar-refractivity contribution in [1.29, 1.82) is 0 Å². The molecule has 0 spiro atoms. The molecule has 4 heteroatoms. The van der Waals surface area contributed by atoms with Crippen molar-refractivity contribution in [1.82, 2.24) is 15.6 Å². The second-order valence-electron chi connectivity index (χ2n) is 5.98. The van der Waals surface area contributed by atoms with Gasteiger partial charge in [0, 0.05) is 30.9 Å². The molecule has 0 aliphatic heterocycles. The lowest BCUT2D eigenvalue weighted by molar-refractivity contribution is -0.126. The summed E-state index contributed by atoms with van der Waals surface area (Å²) in [6, 6.07) is 2.06. The average molecular weight is 249 g/mol. The molecule has 2 rings (SSSR count). The number of rotatable bonds is 6. The van der Waals surface area contributed by atoms with Gasteiger partial charge < -0.3 is 15.6 Å². The molecule has 1 amide bonds. The fraction of sp³-hybridized carbons (Fsp3) is 0.643. The zero-order valence-electron chi connectivity index (χ0n) is 11.5. The number of aromatic nitrogens is 1. The van der Waals surface area contributed by atoms with Gasteiger partial charge in [0.2, 0.25) is 5.91 Å². The van der Waals surface area contributed by atoms with Gasteiger partial charge in [-0.25, -0.2) is 0 Å². The smallest absolute Gasteiger partial charge is 0.227 e. The maximum atomic E-state index is 12.2. The number of amides is 1. The molecule has 100 valence electrons. The molecule has 1 aromatic rings. The minimum Gasteiger partial charge on any atom is -0.367 e. The average Bonchev–Trinajstić information content (AvgIpc) is 2.91. The molecular weight excluding hydrogens is 226 g/mol. The summed E-state index contributed by atoms with van der Waals surface area (Å²) in [6.45, 7) is 5.75. The van der Waals surface area contributed by atoms with Crippen LogP contribution in [0.15, 0.2) is 18.5 Å². The Hall–Kier alpha value is -1.29. The Bertz CT molecular complexity index is 405. The number of aromatic amines is 1. The van der Waals surface area contributed by atoms with E-state index < -0.39 is 0 Å². The molecule has 4 nitrogen and oxygen atoms in total. The predicted octanol–water partition coefficient (Wildman–Crippen LogP) is 1.41. The Kier molecular flexibility index (Phi) is 3.48. The van der Waals surface area contributed by atoms with E-state index in [1.54, 1.807) is 0 Å². The number of hydrogen-bond donors (Lipinski definition) is 3. The Labute approximate surface area is 109 Å². The molecule has 18 heavy (non-hydrogen) atoms. The fourth-order valence-corrected chi connectivity index (χ4v) is 2.31. The van der Waals surface area contributed by atoms with E-state index in [1.165, 1.54) is 5.56 Å².